The monoisotopic (exact) mass is 436 g/mol. The normalized spacial score (nSPS) is 11.3. The summed E-state index contributed by atoms with van der Waals surface area (Å²) in [5, 5.41) is 3.53. The topological polar surface area (TPSA) is 97.6 Å². The summed E-state index contributed by atoms with van der Waals surface area (Å²) in [6.45, 7) is 1.86. The number of hydrogen-bond donors (Lipinski definition) is 2. The van der Waals surface area contributed by atoms with Crippen molar-refractivity contribution in [1.82, 2.24) is 0 Å². The predicted octanol–water partition coefficient (Wildman–Crippen LogP) is 4.80. The number of amides is 1. The van der Waals surface area contributed by atoms with Crippen molar-refractivity contribution in [3.05, 3.63) is 84.1 Å². The molecular weight excluding hydrogens is 416 g/mol. The molecule has 0 saturated carbocycles. The van der Waals surface area contributed by atoms with Gasteiger partial charge in [-0.25, -0.2) is 8.42 Å². The van der Waals surface area contributed by atoms with Crippen LogP contribution >= 0.6 is 0 Å². The van der Waals surface area contributed by atoms with E-state index >= 15 is 0 Å². The lowest BCUT2D eigenvalue weighted by Gasteiger charge is -2.13. The zero-order valence-electron chi connectivity index (χ0n) is 16.9. The van der Waals surface area contributed by atoms with E-state index in [2.05, 4.69) is 10.0 Å². The van der Waals surface area contributed by atoms with Crippen molar-refractivity contribution in [2.75, 3.05) is 17.1 Å². The fraction of sp³-hybridized carbons (Fsp3) is 0.0870. The molecule has 0 aliphatic heterocycles. The molecule has 158 valence electrons. The third-order valence-corrected chi connectivity index (χ3v) is 6.05. The first-order chi connectivity index (χ1) is 14.9. The van der Waals surface area contributed by atoms with E-state index in [0.717, 1.165) is 10.9 Å². The van der Waals surface area contributed by atoms with Crippen LogP contribution in [0.3, 0.4) is 0 Å². The first-order valence-electron chi connectivity index (χ1n) is 9.43. The predicted molar refractivity (Wildman–Crippen MR) is 119 cm³/mol. The minimum Gasteiger partial charge on any atom is -0.495 e. The molecule has 7 nitrogen and oxygen atoms in total. The number of rotatable bonds is 6. The molecule has 0 atom stereocenters. The summed E-state index contributed by atoms with van der Waals surface area (Å²) in [5.41, 5.74) is 2.30. The zero-order valence-corrected chi connectivity index (χ0v) is 17.7. The summed E-state index contributed by atoms with van der Waals surface area (Å²) in [6, 6.07) is 20.1. The van der Waals surface area contributed by atoms with Crippen molar-refractivity contribution in [2.45, 2.75) is 11.8 Å². The van der Waals surface area contributed by atoms with Gasteiger partial charge in [-0.3, -0.25) is 9.52 Å². The molecule has 0 aliphatic rings. The molecule has 0 bridgehead atoms. The molecule has 0 saturated heterocycles. The maximum absolute atomic E-state index is 12.8. The van der Waals surface area contributed by atoms with Gasteiger partial charge in [0.1, 0.15) is 11.3 Å². The quantitative estimate of drug-likeness (QED) is 0.452. The molecule has 0 aliphatic carbocycles. The maximum Gasteiger partial charge on any atom is 0.291 e. The Kier molecular flexibility index (Phi) is 5.39. The van der Waals surface area contributed by atoms with Crippen LogP contribution in [0.5, 0.6) is 5.75 Å². The molecule has 0 unspecified atom stereocenters. The SMILES string of the molecule is COc1ccc(C)cc1NS(=O)(=O)c1ccc(NC(=O)c2cc3ccccc3o2)cc1. The number of nitrogens with one attached hydrogen (secondary N) is 2. The molecule has 8 heteroatoms. The van der Waals surface area contributed by atoms with Gasteiger partial charge in [0.15, 0.2) is 5.76 Å². The van der Waals surface area contributed by atoms with Crippen LogP contribution in [-0.2, 0) is 10.0 Å². The maximum atomic E-state index is 12.8. The minimum atomic E-state index is -3.84. The third-order valence-electron chi connectivity index (χ3n) is 4.67. The number of furan rings is 1. The first kappa shape index (κ1) is 20.5. The van der Waals surface area contributed by atoms with Crippen molar-refractivity contribution in [3.63, 3.8) is 0 Å². The van der Waals surface area contributed by atoms with Crippen molar-refractivity contribution in [3.8, 4) is 5.75 Å². The summed E-state index contributed by atoms with van der Waals surface area (Å²) in [6.07, 6.45) is 0. The molecule has 4 aromatic rings. The van der Waals surface area contributed by atoms with E-state index in [-0.39, 0.29) is 10.7 Å². The van der Waals surface area contributed by atoms with Crippen LogP contribution in [0, 0.1) is 6.92 Å². The highest BCUT2D eigenvalue weighted by molar-refractivity contribution is 7.92. The molecule has 31 heavy (non-hydrogen) atoms. The summed E-state index contributed by atoms with van der Waals surface area (Å²) < 4.78 is 38.8. The van der Waals surface area contributed by atoms with Crippen molar-refractivity contribution < 1.29 is 22.4 Å². The highest BCUT2D eigenvalue weighted by atomic mass is 32.2. The van der Waals surface area contributed by atoms with Gasteiger partial charge in [-0.05, 0) is 61.0 Å². The van der Waals surface area contributed by atoms with Crippen molar-refractivity contribution >= 4 is 38.3 Å². The van der Waals surface area contributed by atoms with Gasteiger partial charge >= 0.3 is 0 Å². The summed E-state index contributed by atoms with van der Waals surface area (Å²) in [4.78, 5) is 12.5. The number of fused-ring (bicyclic) bond motifs is 1. The largest absolute Gasteiger partial charge is 0.495 e. The summed E-state index contributed by atoms with van der Waals surface area (Å²) in [5.74, 6) is 0.171. The average Bonchev–Trinajstić information content (AvgIpc) is 3.19. The van der Waals surface area contributed by atoms with Crippen LogP contribution in [0.1, 0.15) is 16.1 Å². The van der Waals surface area contributed by atoms with Gasteiger partial charge < -0.3 is 14.5 Å². The Morgan fingerprint density at radius 3 is 2.42 bits per heavy atom. The van der Waals surface area contributed by atoms with Gasteiger partial charge in [-0.1, -0.05) is 24.3 Å². The number of ether oxygens (including phenoxy) is 1. The molecular formula is C23H20N2O5S. The van der Waals surface area contributed by atoms with Crippen LogP contribution in [0.15, 0.2) is 82.1 Å². The summed E-state index contributed by atoms with van der Waals surface area (Å²) >= 11 is 0. The number of hydrogen-bond acceptors (Lipinski definition) is 5. The van der Waals surface area contributed by atoms with Gasteiger partial charge in [0.05, 0.1) is 17.7 Å². The molecule has 2 N–H and O–H groups in total. The fourth-order valence-electron chi connectivity index (χ4n) is 3.11. The summed E-state index contributed by atoms with van der Waals surface area (Å²) in [7, 11) is -2.36. The molecule has 1 aromatic heterocycles. The lowest BCUT2D eigenvalue weighted by Crippen LogP contribution is -2.14. The molecule has 0 spiro atoms. The zero-order chi connectivity index (χ0) is 22.0. The number of anilines is 2. The number of methoxy groups -OCH3 is 1. The lowest BCUT2D eigenvalue weighted by atomic mass is 10.2. The Hall–Kier alpha value is -3.78. The van der Waals surface area contributed by atoms with Crippen LogP contribution in [-0.4, -0.2) is 21.4 Å². The van der Waals surface area contributed by atoms with Crippen LogP contribution in [0.25, 0.3) is 11.0 Å². The number of carbonyl (C=O) groups is 1. The minimum absolute atomic E-state index is 0.0535. The van der Waals surface area contributed by atoms with Gasteiger partial charge in [0.2, 0.25) is 0 Å². The first-order valence-corrected chi connectivity index (χ1v) is 10.9. The number of aryl methyl sites for hydroxylation is 1. The van der Waals surface area contributed by atoms with Crippen LogP contribution < -0.4 is 14.8 Å². The van der Waals surface area contributed by atoms with Gasteiger partial charge in [0, 0.05) is 11.1 Å². The van der Waals surface area contributed by atoms with Crippen molar-refractivity contribution in [1.29, 1.82) is 0 Å². The Balaban J connectivity index is 1.50. The van der Waals surface area contributed by atoms with Crippen molar-refractivity contribution in [2.24, 2.45) is 0 Å². The third kappa shape index (κ3) is 4.39. The average molecular weight is 436 g/mol. The molecule has 3 aromatic carbocycles. The fourth-order valence-corrected chi connectivity index (χ4v) is 4.17. The number of benzene rings is 3. The second kappa shape index (κ2) is 8.16. The van der Waals surface area contributed by atoms with E-state index in [0.29, 0.717) is 22.7 Å². The van der Waals surface area contributed by atoms with Gasteiger partial charge in [0.25, 0.3) is 15.9 Å². The lowest BCUT2D eigenvalue weighted by molar-refractivity contribution is 0.0998. The number of para-hydroxylation sites is 1. The molecule has 0 radical (unpaired) electrons. The van der Waals surface area contributed by atoms with E-state index in [4.69, 9.17) is 9.15 Å². The Morgan fingerprint density at radius 2 is 1.71 bits per heavy atom. The van der Waals surface area contributed by atoms with Gasteiger partial charge in [-0.2, -0.15) is 0 Å². The highest BCUT2D eigenvalue weighted by Gasteiger charge is 2.18. The van der Waals surface area contributed by atoms with E-state index in [1.54, 1.807) is 24.3 Å². The smallest absolute Gasteiger partial charge is 0.291 e. The Bertz CT molecular complexity index is 1330. The second-order valence-corrected chi connectivity index (χ2v) is 8.62. The van der Waals surface area contributed by atoms with Crippen LogP contribution in [0.2, 0.25) is 0 Å². The van der Waals surface area contributed by atoms with E-state index in [1.807, 2.05) is 31.2 Å². The number of sulfonamides is 1. The van der Waals surface area contributed by atoms with Crippen LogP contribution in [0.4, 0.5) is 11.4 Å². The number of carbonyl (C=O) groups excluding carboxylic acids is 1. The highest BCUT2D eigenvalue weighted by Crippen LogP contribution is 2.28. The van der Waals surface area contributed by atoms with E-state index < -0.39 is 15.9 Å². The molecule has 0 fully saturated rings. The molecule has 4 rings (SSSR count). The molecule has 1 amide bonds. The van der Waals surface area contributed by atoms with E-state index in [9.17, 15) is 13.2 Å². The standard InChI is InChI=1S/C23H20N2O5S/c1-15-7-12-21(29-2)19(13-15)25-31(27,28)18-10-8-17(9-11-18)24-23(26)22-14-16-5-3-4-6-20(16)30-22/h3-14,25H,1-2H3,(H,24,26). The molecule has 1 heterocycles. The second-order valence-electron chi connectivity index (χ2n) is 6.94. The van der Waals surface area contributed by atoms with Gasteiger partial charge in [-0.15, -0.1) is 0 Å². The van der Waals surface area contributed by atoms with E-state index in [1.165, 1.54) is 31.4 Å². The Morgan fingerprint density at radius 1 is 0.968 bits per heavy atom. The Labute approximate surface area is 179 Å².